The van der Waals surface area contributed by atoms with Gasteiger partial charge >= 0.3 is 0 Å². The molecule has 3 aromatic rings. The van der Waals surface area contributed by atoms with Gasteiger partial charge < -0.3 is 5.32 Å². The maximum atomic E-state index is 12.2. The molecule has 2 heterocycles. The molecule has 1 N–H and O–H groups in total. The van der Waals surface area contributed by atoms with E-state index in [1.165, 1.54) is 0 Å². The summed E-state index contributed by atoms with van der Waals surface area (Å²) in [6.45, 7) is 0.257. The van der Waals surface area contributed by atoms with Crippen molar-refractivity contribution in [1.29, 1.82) is 0 Å². The number of aromatic nitrogens is 4. The number of carbonyl (C=O) groups excluding carboxylic acids is 1. The third-order valence-electron chi connectivity index (χ3n) is 3.07. The molecule has 0 unspecified atom stereocenters. The summed E-state index contributed by atoms with van der Waals surface area (Å²) in [6, 6.07) is 8.75. The van der Waals surface area contributed by atoms with Gasteiger partial charge in [-0.15, -0.1) is 5.10 Å². The fourth-order valence-corrected chi connectivity index (χ4v) is 2.50. The van der Waals surface area contributed by atoms with Crippen LogP contribution in [0, 0.1) is 0 Å². The van der Waals surface area contributed by atoms with Gasteiger partial charge in [0.25, 0.3) is 5.91 Å². The standard InChI is InChI=1S/C15H11BrClN5O/c16-10-1-2-14(17)13(7-10)15(23)19-8-11-9-22(21-20-11)12-3-5-18-6-4-12/h1-7,9H,8H2,(H,19,23). The number of hydrogen-bond donors (Lipinski definition) is 1. The number of halogens is 2. The molecule has 23 heavy (non-hydrogen) atoms. The van der Waals surface area contributed by atoms with Crippen molar-refractivity contribution in [2.24, 2.45) is 0 Å². The molecule has 0 saturated heterocycles. The molecule has 2 aromatic heterocycles. The van der Waals surface area contributed by atoms with Crippen LogP contribution >= 0.6 is 27.5 Å². The average Bonchev–Trinajstić information content (AvgIpc) is 3.05. The highest BCUT2D eigenvalue weighted by Crippen LogP contribution is 2.20. The first-order valence-corrected chi connectivity index (χ1v) is 7.85. The molecule has 0 saturated carbocycles. The van der Waals surface area contributed by atoms with Crippen molar-refractivity contribution in [1.82, 2.24) is 25.3 Å². The smallest absolute Gasteiger partial charge is 0.253 e. The van der Waals surface area contributed by atoms with Crippen molar-refractivity contribution in [3.8, 4) is 5.69 Å². The fourth-order valence-electron chi connectivity index (χ4n) is 1.94. The molecule has 0 atom stereocenters. The van der Waals surface area contributed by atoms with Crippen LogP contribution in [0.4, 0.5) is 0 Å². The zero-order chi connectivity index (χ0) is 16.2. The summed E-state index contributed by atoms with van der Waals surface area (Å²) in [5, 5.41) is 11.2. The topological polar surface area (TPSA) is 72.7 Å². The zero-order valence-corrected chi connectivity index (χ0v) is 14.1. The van der Waals surface area contributed by atoms with Crippen LogP contribution < -0.4 is 5.32 Å². The first-order chi connectivity index (χ1) is 11.1. The van der Waals surface area contributed by atoms with E-state index in [0.29, 0.717) is 16.3 Å². The lowest BCUT2D eigenvalue weighted by Crippen LogP contribution is -2.23. The molecule has 0 aliphatic rings. The quantitative estimate of drug-likeness (QED) is 0.741. The van der Waals surface area contributed by atoms with Crippen LogP contribution in [0.25, 0.3) is 5.69 Å². The van der Waals surface area contributed by atoms with E-state index in [9.17, 15) is 4.79 Å². The van der Waals surface area contributed by atoms with E-state index in [0.717, 1.165) is 10.2 Å². The molecule has 6 nitrogen and oxygen atoms in total. The number of rotatable bonds is 4. The Labute approximate surface area is 145 Å². The minimum Gasteiger partial charge on any atom is -0.346 e. The summed E-state index contributed by atoms with van der Waals surface area (Å²) in [4.78, 5) is 16.1. The number of pyridine rings is 1. The molecule has 0 aliphatic carbocycles. The van der Waals surface area contributed by atoms with E-state index in [1.807, 2.05) is 12.1 Å². The van der Waals surface area contributed by atoms with Gasteiger partial charge in [0.15, 0.2) is 0 Å². The van der Waals surface area contributed by atoms with E-state index in [2.05, 4.69) is 36.5 Å². The SMILES string of the molecule is O=C(NCc1cn(-c2ccncc2)nn1)c1cc(Br)ccc1Cl. The van der Waals surface area contributed by atoms with E-state index in [-0.39, 0.29) is 12.5 Å². The second kappa shape index (κ2) is 6.89. The second-order valence-corrected chi connectivity index (χ2v) is 5.99. The summed E-state index contributed by atoms with van der Waals surface area (Å²) in [5.41, 5.74) is 1.89. The summed E-state index contributed by atoms with van der Waals surface area (Å²) in [5.74, 6) is -0.269. The van der Waals surface area contributed by atoms with E-state index < -0.39 is 0 Å². The van der Waals surface area contributed by atoms with Crippen LogP contribution in [0.15, 0.2) is 53.4 Å². The largest absolute Gasteiger partial charge is 0.346 e. The average molecular weight is 393 g/mol. The number of nitrogens with one attached hydrogen (secondary N) is 1. The van der Waals surface area contributed by atoms with Crippen LogP contribution in [-0.4, -0.2) is 25.9 Å². The molecule has 1 aromatic carbocycles. The minimum atomic E-state index is -0.269. The second-order valence-electron chi connectivity index (χ2n) is 4.67. The van der Waals surface area contributed by atoms with Gasteiger partial charge in [-0.1, -0.05) is 32.7 Å². The summed E-state index contributed by atoms with van der Waals surface area (Å²) in [6.07, 6.45) is 5.10. The molecule has 3 rings (SSSR count). The van der Waals surface area contributed by atoms with Crippen molar-refractivity contribution in [3.63, 3.8) is 0 Å². The highest BCUT2D eigenvalue weighted by Gasteiger charge is 2.11. The number of benzene rings is 1. The van der Waals surface area contributed by atoms with Crippen molar-refractivity contribution in [2.45, 2.75) is 6.54 Å². The van der Waals surface area contributed by atoms with Gasteiger partial charge in [0, 0.05) is 16.9 Å². The Bertz CT molecular complexity index is 837. The first-order valence-electron chi connectivity index (χ1n) is 6.68. The van der Waals surface area contributed by atoms with Crippen molar-refractivity contribution in [2.75, 3.05) is 0 Å². The Hall–Kier alpha value is -2.25. The van der Waals surface area contributed by atoms with Gasteiger partial charge in [0.1, 0.15) is 5.69 Å². The lowest BCUT2D eigenvalue weighted by molar-refractivity contribution is 0.0950. The molecular formula is C15H11BrClN5O. The lowest BCUT2D eigenvalue weighted by Gasteiger charge is -2.05. The minimum absolute atomic E-state index is 0.257. The molecular weight excluding hydrogens is 382 g/mol. The van der Waals surface area contributed by atoms with Gasteiger partial charge in [-0.05, 0) is 30.3 Å². The monoisotopic (exact) mass is 391 g/mol. The summed E-state index contributed by atoms with van der Waals surface area (Å²) < 4.78 is 2.41. The van der Waals surface area contributed by atoms with Crippen molar-refractivity contribution < 1.29 is 4.79 Å². The third-order valence-corrected chi connectivity index (χ3v) is 3.89. The number of nitrogens with zero attached hydrogens (tertiary/aromatic N) is 4. The lowest BCUT2D eigenvalue weighted by atomic mass is 10.2. The fraction of sp³-hybridized carbons (Fsp3) is 0.0667. The van der Waals surface area contributed by atoms with Crippen LogP contribution in [0.2, 0.25) is 5.02 Å². The Morgan fingerprint density at radius 2 is 2.04 bits per heavy atom. The molecule has 0 fully saturated rings. The molecule has 0 radical (unpaired) electrons. The van der Waals surface area contributed by atoms with Crippen LogP contribution in [-0.2, 0) is 6.54 Å². The predicted octanol–water partition coefficient (Wildman–Crippen LogP) is 3.01. The molecule has 1 amide bonds. The van der Waals surface area contributed by atoms with E-state index in [4.69, 9.17) is 11.6 Å². The normalized spacial score (nSPS) is 10.5. The van der Waals surface area contributed by atoms with Crippen LogP contribution in [0.5, 0.6) is 0 Å². The van der Waals surface area contributed by atoms with Crippen molar-refractivity contribution in [3.05, 3.63) is 69.7 Å². The van der Waals surface area contributed by atoms with Crippen LogP contribution in [0.1, 0.15) is 16.1 Å². The number of carbonyl (C=O) groups is 1. The summed E-state index contributed by atoms with van der Waals surface area (Å²) in [7, 11) is 0. The maximum Gasteiger partial charge on any atom is 0.253 e. The van der Waals surface area contributed by atoms with E-state index >= 15 is 0 Å². The third kappa shape index (κ3) is 3.75. The first kappa shape index (κ1) is 15.6. The van der Waals surface area contributed by atoms with Crippen LogP contribution in [0.3, 0.4) is 0 Å². The molecule has 0 spiro atoms. The van der Waals surface area contributed by atoms with Gasteiger partial charge in [-0.25, -0.2) is 4.68 Å². The Balaban J connectivity index is 1.68. The maximum absolute atomic E-state index is 12.2. The van der Waals surface area contributed by atoms with Gasteiger partial charge in [0.2, 0.25) is 0 Å². The Morgan fingerprint density at radius 3 is 2.83 bits per heavy atom. The molecule has 0 aliphatic heterocycles. The predicted molar refractivity (Wildman–Crippen MR) is 89.5 cm³/mol. The number of hydrogen-bond acceptors (Lipinski definition) is 4. The van der Waals surface area contributed by atoms with Gasteiger partial charge in [-0.3, -0.25) is 9.78 Å². The van der Waals surface area contributed by atoms with Crippen molar-refractivity contribution >= 4 is 33.4 Å². The Kier molecular flexibility index (Phi) is 4.68. The highest BCUT2D eigenvalue weighted by molar-refractivity contribution is 9.10. The number of amides is 1. The van der Waals surface area contributed by atoms with Gasteiger partial charge in [-0.2, -0.15) is 0 Å². The molecule has 116 valence electrons. The zero-order valence-electron chi connectivity index (χ0n) is 11.8. The molecule has 0 bridgehead atoms. The summed E-state index contributed by atoms with van der Waals surface area (Å²) >= 11 is 9.36. The van der Waals surface area contributed by atoms with E-state index in [1.54, 1.807) is 41.5 Å². The Morgan fingerprint density at radius 1 is 1.26 bits per heavy atom. The van der Waals surface area contributed by atoms with Gasteiger partial charge in [0.05, 0.1) is 29.0 Å². The highest BCUT2D eigenvalue weighted by atomic mass is 79.9. The molecule has 8 heteroatoms.